The molecule has 0 aromatic carbocycles. The first-order chi connectivity index (χ1) is 6.68. The zero-order chi connectivity index (χ0) is 10.1. The summed E-state index contributed by atoms with van der Waals surface area (Å²) >= 11 is 0. The zero-order valence-corrected chi connectivity index (χ0v) is 8.73. The van der Waals surface area contributed by atoms with E-state index in [9.17, 15) is 0 Å². The molecule has 0 aliphatic carbocycles. The summed E-state index contributed by atoms with van der Waals surface area (Å²) < 4.78 is 7.54. The van der Waals surface area contributed by atoms with Gasteiger partial charge in [-0.3, -0.25) is 4.68 Å². The molecule has 14 heavy (non-hydrogen) atoms. The summed E-state index contributed by atoms with van der Waals surface area (Å²) in [5, 5.41) is 4.31. The molecular weight excluding hydrogens is 178 g/mol. The van der Waals surface area contributed by atoms with Gasteiger partial charge in [0.25, 0.3) is 0 Å². The van der Waals surface area contributed by atoms with Crippen LogP contribution in [0.15, 0.2) is 6.20 Å². The van der Waals surface area contributed by atoms with Crippen LogP contribution in [0.5, 0.6) is 0 Å². The predicted molar refractivity (Wildman–Crippen MR) is 55.1 cm³/mol. The van der Waals surface area contributed by atoms with Gasteiger partial charge >= 0.3 is 0 Å². The van der Waals surface area contributed by atoms with Crippen molar-refractivity contribution in [2.24, 2.45) is 0 Å². The molecule has 1 aliphatic heterocycles. The molecule has 4 nitrogen and oxygen atoms in total. The van der Waals surface area contributed by atoms with Crippen LogP contribution >= 0.6 is 0 Å². The van der Waals surface area contributed by atoms with Crippen LogP contribution < -0.4 is 5.73 Å². The average Bonchev–Trinajstić information content (AvgIpc) is 2.48. The second-order valence-electron chi connectivity index (χ2n) is 3.99. The summed E-state index contributed by atoms with van der Waals surface area (Å²) in [6, 6.07) is 0.455. The molecule has 0 bridgehead atoms. The van der Waals surface area contributed by atoms with Crippen molar-refractivity contribution in [2.75, 3.05) is 12.3 Å². The topological polar surface area (TPSA) is 53.1 Å². The summed E-state index contributed by atoms with van der Waals surface area (Å²) in [6.07, 6.45) is 4.13. The Morgan fingerprint density at radius 2 is 2.43 bits per heavy atom. The SMILES string of the molecule is Cc1c(N)cnn1C1CCOC(C)C1. The molecule has 2 rings (SSSR count). The lowest BCUT2D eigenvalue weighted by Gasteiger charge is -2.28. The molecule has 1 aromatic heterocycles. The fourth-order valence-corrected chi connectivity index (χ4v) is 2.00. The Labute approximate surface area is 84.0 Å². The van der Waals surface area contributed by atoms with Gasteiger partial charge in [-0.1, -0.05) is 0 Å². The number of nitrogens with two attached hydrogens (primary N) is 1. The second kappa shape index (κ2) is 3.61. The first-order valence-electron chi connectivity index (χ1n) is 5.09. The number of hydrogen-bond donors (Lipinski definition) is 1. The van der Waals surface area contributed by atoms with Crippen molar-refractivity contribution >= 4 is 5.69 Å². The van der Waals surface area contributed by atoms with Gasteiger partial charge in [-0.25, -0.2) is 0 Å². The highest BCUT2D eigenvalue weighted by atomic mass is 16.5. The van der Waals surface area contributed by atoms with Gasteiger partial charge in [0, 0.05) is 6.61 Å². The van der Waals surface area contributed by atoms with Crippen molar-refractivity contribution in [3.63, 3.8) is 0 Å². The Kier molecular flexibility index (Phi) is 2.46. The van der Waals surface area contributed by atoms with E-state index in [4.69, 9.17) is 10.5 Å². The molecule has 2 atom stereocenters. The quantitative estimate of drug-likeness (QED) is 0.739. The molecule has 2 N–H and O–H groups in total. The number of aromatic nitrogens is 2. The van der Waals surface area contributed by atoms with Crippen molar-refractivity contribution in [2.45, 2.75) is 38.8 Å². The Hall–Kier alpha value is -1.03. The number of nitrogens with zero attached hydrogens (tertiary/aromatic N) is 2. The van der Waals surface area contributed by atoms with E-state index in [1.54, 1.807) is 6.20 Å². The minimum atomic E-state index is 0.332. The molecule has 1 aromatic rings. The van der Waals surface area contributed by atoms with E-state index in [1.807, 2.05) is 11.6 Å². The van der Waals surface area contributed by atoms with E-state index >= 15 is 0 Å². The Balaban J connectivity index is 2.18. The summed E-state index contributed by atoms with van der Waals surface area (Å²) in [5.41, 5.74) is 7.62. The Morgan fingerprint density at radius 1 is 1.64 bits per heavy atom. The highest BCUT2D eigenvalue weighted by Gasteiger charge is 2.22. The molecule has 0 spiro atoms. The standard InChI is InChI=1S/C10H17N3O/c1-7-5-9(3-4-14-7)13-8(2)10(11)6-12-13/h6-7,9H,3-5,11H2,1-2H3. The van der Waals surface area contributed by atoms with Crippen LogP contribution in [0, 0.1) is 6.92 Å². The van der Waals surface area contributed by atoms with Crippen LogP contribution in [-0.2, 0) is 4.74 Å². The molecule has 78 valence electrons. The molecule has 2 unspecified atom stereocenters. The summed E-state index contributed by atoms with van der Waals surface area (Å²) in [7, 11) is 0. The van der Waals surface area contributed by atoms with E-state index in [1.165, 1.54) is 0 Å². The second-order valence-corrected chi connectivity index (χ2v) is 3.99. The molecule has 0 radical (unpaired) electrons. The first kappa shape index (κ1) is 9.52. The molecule has 0 amide bonds. The van der Waals surface area contributed by atoms with Crippen molar-refractivity contribution < 1.29 is 4.74 Å². The fraction of sp³-hybridized carbons (Fsp3) is 0.700. The molecular formula is C10H17N3O. The summed E-state index contributed by atoms with van der Waals surface area (Å²) in [5.74, 6) is 0. The molecule has 1 saturated heterocycles. The third-order valence-electron chi connectivity index (χ3n) is 2.89. The summed E-state index contributed by atoms with van der Waals surface area (Å²) in [4.78, 5) is 0. The molecule has 1 fully saturated rings. The van der Waals surface area contributed by atoms with Crippen LogP contribution in [0.25, 0.3) is 0 Å². The number of nitrogen functional groups attached to an aromatic ring is 1. The maximum atomic E-state index is 5.77. The number of hydrogen-bond acceptors (Lipinski definition) is 3. The van der Waals surface area contributed by atoms with Crippen molar-refractivity contribution in [3.8, 4) is 0 Å². The van der Waals surface area contributed by atoms with Crippen molar-refractivity contribution in [1.82, 2.24) is 9.78 Å². The van der Waals surface area contributed by atoms with Crippen LogP contribution in [0.2, 0.25) is 0 Å². The highest BCUT2D eigenvalue weighted by Crippen LogP contribution is 2.26. The van der Waals surface area contributed by atoms with Crippen molar-refractivity contribution in [1.29, 1.82) is 0 Å². The van der Waals surface area contributed by atoms with E-state index < -0.39 is 0 Å². The summed E-state index contributed by atoms with van der Waals surface area (Å²) in [6.45, 7) is 4.95. The molecule has 0 saturated carbocycles. The third-order valence-corrected chi connectivity index (χ3v) is 2.89. The molecule has 1 aliphatic rings. The fourth-order valence-electron chi connectivity index (χ4n) is 2.00. The molecule has 2 heterocycles. The smallest absolute Gasteiger partial charge is 0.0730 e. The molecule has 4 heteroatoms. The van der Waals surface area contributed by atoms with Gasteiger partial charge in [-0.05, 0) is 26.7 Å². The van der Waals surface area contributed by atoms with Gasteiger partial charge in [-0.15, -0.1) is 0 Å². The van der Waals surface area contributed by atoms with Gasteiger partial charge in [0.15, 0.2) is 0 Å². The van der Waals surface area contributed by atoms with Crippen LogP contribution in [0.3, 0.4) is 0 Å². The van der Waals surface area contributed by atoms with Gasteiger partial charge < -0.3 is 10.5 Å². The van der Waals surface area contributed by atoms with E-state index in [-0.39, 0.29) is 0 Å². The monoisotopic (exact) mass is 195 g/mol. The van der Waals surface area contributed by atoms with E-state index in [2.05, 4.69) is 12.0 Å². The van der Waals surface area contributed by atoms with Crippen LogP contribution in [0.4, 0.5) is 5.69 Å². The maximum Gasteiger partial charge on any atom is 0.0730 e. The zero-order valence-electron chi connectivity index (χ0n) is 8.73. The number of ether oxygens (including phenoxy) is 1. The Bertz CT molecular complexity index is 321. The van der Waals surface area contributed by atoms with Gasteiger partial charge in [0.1, 0.15) is 0 Å². The van der Waals surface area contributed by atoms with E-state index in [0.29, 0.717) is 12.1 Å². The van der Waals surface area contributed by atoms with Crippen LogP contribution in [-0.4, -0.2) is 22.5 Å². The average molecular weight is 195 g/mol. The predicted octanol–water partition coefficient (Wildman–Crippen LogP) is 1.51. The van der Waals surface area contributed by atoms with Crippen molar-refractivity contribution in [3.05, 3.63) is 11.9 Å². The normalized spacial score (nSPS) is 27.9. The number of anilines is 1. The van der Waals surface area contributed by atoms with Gasteiger partial charge in [0.2, 0.25) is 0 Å². The van der Waals surface area contributed by atoms with Gasteiger partial charge in [-0.2, -0.15) is 5.10 Å². The Morgan fingerprint density at radius 3 is 3.00 bits per heavy atom. The minimum absolute atomic E-state index is 0.332. The largest absolute Gasteiger partial charge is 0.396 e. The van der Waals surface area contributed by atoms with Crippen LogP contribution in [0.1, 0.15) is 31.5 Å². The maximum absolute atomic E-state index is 5.77. The lowest BCUT2D eigenvalue weighted by molar-refractivity contribution is 0.00313. The lowest BCUT2D eigenvalue weighted by atomic mass is 10.0. The lowest BCUT2D eigenvalue weighted by Crippen LogP contribution is -2.26. The highest BCUT2D eigenvalue weighted by molar-refractivity contribution is 5.39. The van der Waals surface area contributed by atoms with Gasteiger partial charge in [0.05, 0.1) is 29.7 Å². The number of rotatable bonds is 1. The first-order valence-corrected chi connectivity index (χ1v) is 5.09. The van der Waals surface area contributed by atoms with E-state index in [0.717, 1.165) is 30.8 Å². The minimum Gasteiger partial charge on any atom is -0.396 e. The third kappa shape index (κ3) is 1.62.